The topological polar surface area (TPSA) is 78.9 Å². The summed E-state index contributed by atoms with van der Waals surface area (Å²) >= 11 is 0. The molecule has 1 atom stereocenters. The number of rotatable bonds is 54. The van der Waals surface area contributed by atoms with Crippen molar-refractivity contribution < 1.29 is 28.6 Å². The lowest BCUT2D eigenvalue weighted by atomic mass is 10.1. The number of esters is 3. The molecule has 0 amide bonds. The third kappa shape index (κ3) is 57.2. The van der Waals surface area contributed by atoms with Crippen LogP contribution in [-0.2, 0) is 28.6 Å². The van der Waals surface area contributed by atoms with E-state index in [4.69, 9.17) is 14.2 Å². The average molecular weight is 1000 g/mol. The first kappa shape index (κ1) is 68.3. The Morgan fingerprint density at radius 2 is 0.542 bits per heavy atom. The second-order valence-electron chi connectivity index (χ2n) is 19.9. The van der Waals surface area contributed by atoms with Gasteiger partial charge in [0.05, 0.1) is 0 Å². The molecule has 0 aromatic rings. The van der Waals surface area contributed by atoms with Gasteiger partial charge in [0.15, 0.2) is 6.10 Å². The van der Waals surface area contributed by atoms with Crippen molar-refractivity contribution in [1.29, 1.82) is 0 Å². The van der Waals surface area contributed by atoms with Crippen molar-refractivity contribution in [1.82, 2.24) is 0 Å². The maximum absolute atomic E-state index is 12.9. The van der Waals surface area contributed by atoms with Crippen molar-refractivity contribution in [3.63, 3.8) is 0 Å². The van der Waals surface area contributed by atoms with Crippen LogP contribution in [0.25, 0.3) is 0 Å². The van der Waals surface area contributed by atoms with E-state index in [0.29, 0.717) is 19.3 Å². The smallest absolute Gasteiger partial charge is 0.306 e. The van der Waals surface area contributed by atoms with Crippen LogP contribution in [0.4, 0.5) is 0 Å². The largest absolute Gasteiger partial charge is 0.462 e. The molecule has 1 unspecified atom stereocenters. The summed E-state index contributed by atoms with van der Waals surface area (Å²) in [5, 5.41) is 0. The maximum Gasteiger partial charge on any atom is 0.306 e. The Labute approximate surface area is 445 Å². The summed E-state index contributed by atoms with van der Waals surface area (Å²) in [6.07, 6.45) is 79.6. The highest BCUT2D eigenvalue weighted by atomic mass is 16.6. The summed E-state index contributed by atoms with van der Waals surface area (Å²) in [5.41, 5.74) is 0. The molecule has 0 N–H and O–H groups in total. The molecule has 6 heteroatoms. The highest BCUT2D eigenvalue weighted by molar-refractivity contribution is 5.71. The molecule has 0 bridgehead atoms. The van der Waals surface area contributed by atoms with E-state index in [9.17, 15) is 14.4 Å². The molecule has 6 nitrogen and oxygen atoms in total. The quantitative estimate of drug-likeness (QED) is 0.0261. The molecule has 0 fully saturated rings. The minimum atomic E-state index is -0.795. The third-order valence-electron chi connectivity index (χ3n) is 12.8. The molecule has 0 aromatic heterocycles. The van der Waals surface area contributed by atoms with E-state index >= 15 is 0 Å². The predicted molar refractivity (Wildman–Crippen MR) is 311 cm³/mol. The van der Waals surface area contributed by atoms with E-state index in [2.05, 4.69) is 118 Å². The minimum Gasteiger partial charge on any atom is -0.462 e. The van der Waals surface area contributed by atoms with E-state index in [-0.39, 0.29) is 31.1 Å². The Hall–Kier alpha value is -3.67. The molecule has 0 aliphatic heterocycles. The number of hydrogen-bond donors (Lipinski definition) is 0. The van der Waals surface area contributed by atoms with E-state index in [1.165, 1.54) is 116 Å². The normalized spacial score (nSPS) is 12.8. The zero-order chi connectivity index (χ0) is 52.2. The van der Waals surface area contributed by atoms with Crippen LogP contribution in [0, 0.1) is 0 Å². The lowest BCUT2D eigenvalue weighted by molar-refractivity contribution is -0.167. The molecular formula is C66H112O6. The summed E-state index contributed by atoms with van der Waals surface area (Å²) in [5.74, 6) is -0.920. The molecule has 0 saturated heterocycles. The summed E-state index contributed by atoms with van der Waals surface area (Å²) in [4.78, 5) is 38.2. The van der Waals surface area contributed by atoms with Crippen molar-refractivity contribution in [3.8, 4) is 0 Å². The predicted octanol–water partition coefficient (Wildman–Crippen LogP) is 20.5. The van der Waals surface area contributed by atoms with Crippen molar-refractivity contribution in [3.05, 3.63) is 97.2 Å². The van der Waals surface area contributed by atoms with Crippen LogP contribution in [0.5, 0.6) is 0 Å². The Bertz CT molecular complexity index is 1430. The molecule has 0 rings (SSSR count). The van der Waals surface area contributed by atoms with Crippen molar-refractivity contribution >= 4 is 17.9 Å². The van der Waals surface area contributed by atoms with Gasteiger partial charge in [-0.1, -0.05) is 240 Å². The second-order valence-corrected chi connectivity index (χ2v) is 19.9. The number of allylic oxidation sites excluding steroid dienone is 16. The zero-order valence-electron chi connectivity index (χ0n) is 47.2. The highest BCUT2D eigenvalue weighted by Crippen LogP contribution is 2.15. The Kier molecular flexibility index (Phi) is 56.8. The first-order chi connectivity index (χ1) is 35.5. The Morgan fingerprint density at radius 3 is 0.875 bits per heavy atom. The van der Waals surface area contributed by atoms with Gasteiger partial charge in [-0.3, -0.25) is 14.4 Å². The second kappa shape index (κ2) is 59.9. The van der Waals surface area contributed by atoms with Crippen molar-refractivity contribution in [2.75, 3.05) is 13.2 Å². The monoisotopic (exact) mass is 1000 g/mol. The van der Waals surface area contributed by atoms with Gasteiger partial charge >= 0.3 is 17.9 Å². The molecule has 0 aliphatic rings. The number of ether oxygens (including phenoxy) is 3. The van der Waals surface area contributed by atoms with E-state index in [1.807, 2.05) is 0 Å². The summed E-state index contributed by atoms with van der Waals surface area (Å²) in [6, 6.07) is 0. The summed E-state index contributed by atoms with van der Waals surface area (Å²) in [7, 11) is 0. The lowest BCUT2D eigenvalue weighted by Crippen LogP contribution is -2.30. The first-order valence-corrected chi connectivity index (χ1v) is 30.2. The third-order valence-corrected chi connectivity index (χ3v) is 12.8. The first-order valence-electron chi connectivity index (χ1n) is 30.2. The standard InChI is InChI=1S/C66H112O6/c1-4-7-10-13-16-19-22-25-28-30-32-33-34-36-38-41-44-47-50-53-56-59-65(68)71-62-63(61-70-64(67)58-55-52-49-46-43-40-37-27-24-21-18-15-12-9-6-3)72-66(69)60-57-54-51-48-45-42-39-35-31-29-26-23-20-17-14-11-8-5-2/h7,10,16,19-20,23,25,27-29,31-33,36-38,63H,4-6,8-9,11-15,17-18,21-22,24,26,30,34-35,39-62H2,1-3H3/b10-7-,19-16-,23-20-,28-25-,31-29-,33-32-,37-27-,38-36-. The van der Waals surface area contributed by atoms with Gasteiger partial charge in [-0.15, -0.1) is 0 Å². The molecule has 0 radical (unpaired) electrons. The number of unbranched alkanes of at least 4 members (excludes halogenated alkanes) is 27. The Morgan fingerprint density at radius 1 is 0.292 bits per heavy atom. The van der Waals surface area contributed by atoms with Gasteiger partial charge in [-0.05, 0) is 122 Å². The molecule has 0 heterocycles. The molecule has 412 valence electrons. The van der Waals surface area contributed by atoms with Gasteiger partial charge in [-0.2, -0.15) is 0 Å². The number of hydrogen-bond acceptors (Lipinski definition) is 6. The number of carbonyl (C=O) groups excluding carboxylic acids is 3. The fourth-order valence-electron chi connectivity index (χ4n) is 8.26. The molecule has 0 aliphatic carbocycles. The highest BCUT2D eigenvalue weighted by Gasteiger charge is 2.19. The van der Waals surface area contributed by atoms with Gasteiger partial charge in [0.2, 0.25) is 0 Å². The fourth-order valence-corrected chi connectivity index (χ4v) is 8.26. The molecule has 0 saturated carbocycles. The van der Waals surface area contributed by atoms with Gasteiger partial charge in [0.25, 0.3) is 0 Å². The van der Waals surface area contributed by atoms with Gasteiger partial charge in [0, 0.05) is 19.3 Å². The van der Waals surface area contributed by atoms with Gasteiger partial charge in [-0.25, -0.2) is 0 Å². The van der Waals surface area contributed by atoms with Crippen LogP contribution in [0.3, 0.4) is 0 Å². The van der Waals surface area contributed by atoms with Gasteiger partial charge < -0.3 is 14.2 Å². The van der Waals surface area contributed by atoms with Crippen LogP contribution in [-0.4, -0.2) is 37.2 Å². The zero-order valence-corrected chi connectivity index (χ0v) is 47.2. The summed E-state index contributed by atoms with van der Waals surface area (Å²) in [6.45, 7) is 6.49. The maximum atomic E-state index is 12.9. The molecule has 72 heavy (non-hydrogen) atoms. The number of carbonyl (C=O) groups is 3. The fraction of sp³-hybridized carbons (Fsp3) is 0.712. The van der Waals surface area contributed by atoms with E-state index < -0.39 is 6.10 Å². The van der Waals surface area contributed by atoms with Crippen LogP contribution < -0.4 is 0 Å². The molecular weight excluding hydrogens is 889 g/mol. The Balaban J connectivity index is 4.45. The van der Waals surface area contributed by atoms with Crippen LogP contribution in [0.2, 0.25) is 0 Å². The lowest BCUT2D eigenvalue weighted by Gasteiger charge is -2.18. The van der Waals surface area contributed by atoms with Crippen molar-refractivity contribution in [2.45, 2.75) is 290 Å². The SMILES string of the molecule is CC/C=C\C/C=C\C/C=C\C/C=C\C/C=C\CCCCCCCC(=O)OCC(COC(=O)CCCCCCC/C=C\CCCCCCCC)OC(=O)CCCCCCCCC/C=C\C/C=C\CCCCCC. The van der Waals surface area contributed by atoms with Crippen LogP contribution >= 0.6 is 0 Å². The van der Waals surface area contributed by atoms with E-state index in [0.717, 1.165) is 128 Å². The van der Waals surface area contributed by atoms with Crippen LogP contribution in [0.1, 0.15) is 284 Å². The average Bonchev–Trinajstić information content (AvgIpc) is 3.38. The van der Waals surface area contributed by atoms with Crippen LogP contribution in [0.15, 0.2) is 97.2 Å². The van der Waals surface area contributed by atoms with Gasteiger partial charge in [0.1, 0.15) is 13.2 Å². The van der Waals surface area contributed by atoms with E-state index in [1.54, 1.807) is 0 Å². The molecule has 0 spiro atoms. The summed E-state index contributed by atoms with van der Waals surface area (Å²) < 4.78 is 16.9. The molecule has 0 aromatic carbocycles. The minimum absolute atomic E-state index is 0.0914. The van der Waals surface area contributed by atoms with Crippen molar-refractivity contribution in [2.24, 2.45) is 0 Å².